The van der Waals surface area contributed by atoms with Crippen molar-refractivity contribution in [3.05, 3.63) is 77.1 Å². The van der Waals surface area contributed by atoms with Gasteiger partial charge in [-0.2, -0.15) is 9.40 Å². The smallest absolute Gasteiger partial charge is 0.246 e. The molecule has 2 aromatic carbocycles. The van der Waals surface area contributed by atoms with E-state index in [1.807, 2.05) is 42.5 Å². The molecule has 0 bridgehead atoms. The third kappa shape index (κ3) is 4.52. The molecule has 1 atom stereocenters. The Labute approximate surface area is 207 Å². The molecule has 1 aromatic heterocycles. The lowest BCUT2D eigenvalue weighted by molar-refractivity contribution is -0.127. The van der Waals surface area contributed by atoms with E-state index < -0.39 is 10.0 Å². The number of nitrogens with one attached hydrogen (secondary N) is 1. The Morgan fingerprint density at radius 1 is 0.971 bits per heavy atom. The van der Waals surface area contributed by atoms with Crippen LogP contribution in [0.3, 0.4) is 0 Å². The number of aryl methyl sites for hydroxylation is 2. The highest BCUT2D eigenvalue weighted by Gasteiger charge is 2.36. The van der Waals surface area contributed by atoms with Crippen LogP contribution in [0.25, 0.3) is 5.69 Å². The summed E-state index contributed by atoms with van der Waals surface area (Å²) < 4.78 is 30.4. The van der Waals surface area contributed by atoms with Crippen molar-refractivity contribution < 1.29 is 13.2 Å². The van der Waals surface area contributed by atoms with Crippen LogP contribution in [-0.4, -0.2) is 41.5 Å². The topological polar surface area (TPSA) is 84.3 Å². The van der Waals surface area contributed by atoms with Crippen molar-refractivity contribution >= 4 is 15.9 Å². The fraction of sp³-hybridized carbons (Fsp3) is 0.407. The summed E-state index contributed by atoms with van der Waals surface area (Å²) in [6.45, 7) is 4.19. The molecule has 2 heterocycles. The van der Waals surface area contributed by atoms with Gasteiger partial charge in [-0.25, -0.2) is 13.1 Å². The number of carbonyl (C=O) groups excluding carboxylic acids is 1. The Morgan fingerprint density at radius 3 is 2.40 bits per heavy atom. The van der Waals surface area contributed by atoms with Crippen LogP contribution in [0.2, 0.25) is 0 Å². The van der Waals surface area contributed by atoms with E-state index in [0.29, 0.717) is 37.3 Å². The first-order valence-electron chi connectivity index (χ1n) is 12.4. The van der Waals surface area contributed by atoms with E-state index in [-0.39, 0.29) is 22.8 Å². The first-order valence-corrected chi connectivity index (χ1v) is 13.8. The Balaban J connectivity index is 1.27. The number of aromatic nitrogens is 2. The third-order valence-corrected chi connectivity index (χ3v) is 9.49. The third-order valence-electron chi connectivity index (χ3n) is 7.33. The van der Waals surface area contributed by atoms with E-state index in [2.05, 4.69) is 22.5 Å². The lowest BCUT2D eigenvalue weighted by atomic mass is 9.87. The predicted molar refractivity (Wildman–Crippen MR) is 135 cm³/mol. The zero-order chi connectivity index (χ0) is 24.6. The van der Waals surface area contributed by atoms with Crippen LogP contribution in [0.15, 0.2) is 59.5 Å². The van der Waals surface area contributed by atoms with Gasteiger partial charge in [-0.1, -0.05) is 42.5 Å². The van der Waals surface area contributed by atoms with Crippen molar-refractivity contribution in [1.29, 1.82) is 0 Å². The van der Waals surface area contributed by atoms with E-state index in [9.17, 15) is 13.2 Å². The van der Waals surface area contributed by atoms with Crippen LogP contribution in [0.4, 0.5) is 0 Å². The summed E-state index contributed by atoms with van der Waals surface area (Å²) in [5, 5.41) is 7.76. The van der Waals surface area contributed by atoms with Crippen LogP contribution in [0, 0.1) is 19.8 Å². The Hall–Kier alpha value is -2.97. The number of para-hydroxylation sites is 1. The molecule has 0 unspecified atom stereocenters. The minimum atomic E-state index is -3.71. The molecule has 7 nitrogen and oxygen atoms in total. The Bertz CT molecular complexity index is 1330. The molecule has 3 aromatic rings. The van der Waals surface area contributed by atoms with Crippen molar-refractivity contribution in [3.8, 4) is 5.69 Å². The number of benzene rings is 2. The van der Waals surface area contributed by atoms with Crippen molar-refractivity contribution in [3.63, 3.8) is 0 Å². The number of fused-ring (bicyclic) bond motifs is 1. The Kier molecular flexibility index (Phi) is 6.51. The standard InChI is InChI=1S/C27H32N4O3S/c1-19-26(20(2)31(29-19)23-11-4-3-5-12-23)35(33,34)30-17-15-22(16-18-30)27(32)28-25-14-8-10-21-9-6-7-13-24(21)25/h3-7,9,11-13,22,25H,8,10,14-18H2,1-2H3,(H,28,32)/t25-/m0/s1. The second-order valence-corrected chi connectivity index (χ2v) is 11.5. The minimum absolute atomic E-state index is 0.0352. The van der Waals surface area contributed by atoms with Crippen molar-refractivity contribution in [2.75, 3.05) is 13.1 Å². The molecule has 184 valence electrons. The van der Waals surface area contributed by atoms with Gasteiger partial charge >= 0.3 is 0 Å². The molecule has 1 aliphatic heterocycles. The summed E-state index contributed by atoms with van der Waals surface area (Å²) >= 11 is 0. The molecule has 1 amide bonds. The van der Waals surface area contributed by atoms with Gasteiger partial charge in [0.15, 0.2) is 0 Å². The van der Waals surface area contributed by atoms with E-state index in [4.69, 9.17) is 0 Å². The van der Waals surface area contributed by atoms with Crippen molar-refractivity contribution in [2.24, 2.45) is 5.92 Å². The molecule has 8 heteroatoms. The molecule has 1 N–H and O–H groups in total. The molecule has 0 spiro atoms. The molecular weight excluding hydrogens is 460 g/mol. The molecule has 2 aliphatic rings. The van der Waals surface area contributed by atoms with Crippen molar-refractivity contribution in [1.82, 2.24) is 19.4 Å². The van der Waals surface area contributed by atoms with E-state index >= 15 is 0 Å². The van der Waals surface area contributed by atoms with Crippen LogP contribution in [-0.2, 0) is 21.2 Å². The molecule has 0 radical (unpaired) electrons. The number of rotatable bonds is 5. The number of amides is 1. The van der Waals surface area contributed by atoms with Crippen LogP contribution in [0.5, 0.6) is 0 Å². The van der Waals surface area contributed by atoms with Crippen LogP contribution in [0.1, 0.15) is 54.2 Å². The molecule has 5 rings (SSSR count). The molecule has 1 aliphatic carbocycles. The zero-order valence-corrected chi connectivity index (χ0v) is 21.1. The Morgan fingerprint density at radius 2 is 1.66 bits per heavy atom. The first kappa shape index (κ1) is 23.8. The summed E-state index contributed by atoms with van der Waals surface area (Å²) in [6.07, 6.45) is 4.10. The highest BCUT2D eigenvalue weighted by atomic mass is 32.2. The van der Waals surface area contributed by atoms with E-state index in [0.717, 1.165) is 24.9 Å². The van der Waals surface area contributed by atoms with Crippen LogP contribution < -0.4 is 5.32 Å². The fourth-order valence-corrected chi connectivity index (χ4v) is 7.33. The predicted octanol–water partition coefficient (Wildman–Crippen LogP) is 4.08. The molecular formula is C27H32N4O3S. The van der Waals surface area contributed by atoms with Gasteiger partial charge in [-0.3, -0.25) is 4.79 Å². The van der Waals surface area contributed by atoms with Gasteiger partial charge < -0.3 is 5.32 Å². The molecule has 0 saturated carbocycles. The number of hydrogen-bond donors (Lipinski definition) is 1. The SMILES string of the molecule is Cc1nn(-c2ccccc2)c(C)c1S(=O)(=O)N1CCC(C(=O)N[C@H]2CCCc3ccccc32)CC1. The minimum Gasteiger partial charge on any atom is -0.349 e. The van der Waals surface area contributed by atoms with Gasteiger partial charge in [-0.15, -0.1) is 0 Å². The van der Waals surface area contributed by atoms with E-state index in [1.165, 1.54) is 15.4 Å². The average molecular weight is 493 g/mol. The van der Waals surface area contributed by atoms with Gasteiger partial charge in [-0.05, 0) is 69.2 Å². The average Bonchev–Trinajstić information content (AvgIpc) is 3.19. The van der Waals surface area contributed by atoms with E-state index in [1.54, 1.807) is 18.5 Å². The normalized spacial score (nSPS) is 19.3. The van der Waals surface area contributed by atoms with Gasteiger partial charge in [0.25, 0.3) is 0 Å². The quantitative estimate of drug-likeness (QED) is 0.582. The summed E-state index contributed by atoms with van der Waals surface area (Å²) in [5.41, 5.74) is 4.45. The first-order chi connectivity index (χ1) is 16.9. The maximum absolute atomic E-state index is 13.6. The summed E-state index contributed by atoms with van der Waals surface area (Å²) in [4.78, 5) is 13.3. The van der Waals surface area contributed by atoms with Crippen LogP contribution >= 0.6 is 0 Å². The number of carbonyl (C=O) groups is 1. The fourth-order valence-electron chi connectivity index (χ4n) is 5.50. The molecule has 1 saturated heterocycles. The van der Waals surface area contributed by atoms with Gasteiger partial charge in [0, 0.05) is 19.0 Å². The maximum Gasteiger partial charge on any atom is 0.246 e. The van der Waals surface area contributed by atoms with Crippen molar-refractivity contribution in [2.45, 2.75) is 56.9 Å². The summed E-state index contributed by atoms with van der Waals surface area (Å²) in [7, 11) is -3.71. The zero-order valence-electron chi connectivity index (χ0n) is 20.3. The molecule has 35 heavy (non-hydrogen) atoms. The van der Waals surface area contributed by atoms with Gasteiger partial charge in [0.05, 0.1) is 23.1 Å². The number of hydrogen-bond acceptors (Lipinski definition) is 4. The maximum atomic E-state index is 13.6. The van der Waals surface area contributed by atoms with Gasteiger partial charge in [0.2, 0.25) is 15.9 Å². The van der Waals surface area contributed by atoms with Gasteiger partial charge in [0.1, 0.15) is 4.90 Å². The lowest BCUT2D eigenvalue weighted by Gasteiger charge is -2.32. The largest absolute Gasteiger partial charge is 0.349 e. The highest BCUT2D eigenvalue weighted by molar-refractivity contribution is 7.89. The lowest BCUT2D eigenvalue weighted by Crippen LogP contribution is -2.44. The summed E-state index contributed by atoms with van der Waals surface area (Å²) in [5.74, 6) is -0.141. The second-order valence-electron chi connectivity index (χ2n) is 9.58. The number of piperidine rings is 1. The second kappa shape index (κ2) is 9.59. The monoisotopic (exact) mass is 492 g/mol. The summed E-state index contributed by atoms with van der Waals surface area (Å²) in [6, 6.07) is 17.9. The highest BCUT2D eigenvalue weighted by Crippen LogP contribution is 2.32. The molecule has 1 fully saturated rings. The number of nitrogens with zero attached hydrogens (tertiary/aromatic N) is 3. The number of sulfonamides is 1.